The Morgan fingerprint density at radius 1 is 0.818 bits per heavy atom. The topological polar surface area (TPSA) is 53.5 Å². The van der Waals surface area contributed by atoms with Crippen LogP contribution in [0.5, 0.6) is 0 Å². The van der Waals surface area contributed by atoms with Crippen molar-refractivity contribution in [3.05, 3.63) is 0 Å². The van der Waals surface area contributed by atoms with Gasteiger partial charge in [-0.25, -0.2) is 0 Å². The first-order chi connectivity index (χ1) is 10.4. The lowest BCUT2D eigenvalue weighted by molar-refractivity contribution is -0.0662. The molecule has 2 aliphatic heterocycles. The fourth-order valence-electron chi connectivity index (χ4n) is 4.80. The highest BCUT2D eigenvalue weighted by molar-refractivity contribution is 4.96. The summed E-state index contributed by atoms with van der Waals surface area (Å²) in [5, 5.41) is 16.2. The number of aliphatic hydroxyl groups excluding tert-OH is 1. The summed E-state index contributed by atoms with van der Waals surface area (Å²) in [4.78, 5) is 0. The minimum Gasteiger partial charge on any atom is -0.391 e. The molecule has 2 saturated carbocycles. The van der Waals surface area contributed by atoms with Crippen LogP contribution in [0.25, 0.3) is 0 Å². The van der Waals surface area contributed by atoms with E-state index in [9.17, 15) is 5.11 Å². The molecule has 22 heavy (non-hydrogen) atoms. The lowest BCUT2D eigenvalue weighted by Crippen LogP contribution is -2.39. The van der Waals surface area contributed by atoms with E-state index in [1.165, 1.54) is 38.6 Å². The zero-order chi connectivity index (χ0) is 15.7. The third kappa shape index (κ3) is 3.84. The van der Waals surface area contributed by atoms with Crippen molar-refractivity contribution in [3.63, 3.8) is 0 Å². The summed E-state index contributed by atoms with van der Waals surface area (Å²) in [7, 11) is 0. The monoisotopic (exact) mass is 310 g/mol. The van der Waals surface area contributed by atoms with Crippen LogP contribution in [0.4, 0.5) is 0 Å². The summed E-state index contributed by atoms with van der Waals surface area (Å²) in [6, 6.07) is 1.10. The van der Waals surface area contributed by atoms with Gasteiger partial charge in [-0.15, -0.1) is 0 Å². The quantitative estimate of drug-likeness (QED) is 0.694. The normalized spacial score (nSPS) is 43.6. The third-order valence-electron chi connectivity index (χ3n) is 5.78. The zero-order valence-electron chi connectivity index (χ0n) is 14.5. The van der Waals surface area contributed by atoms with Crippen molar-refractivity contribution >= 4 is 0 Å². The molecule has 0 radical (unpaired) electrons. The second-order valence-electron chi connectivity index (χ2n) is 8.55. The predicted octanol–water partition coefficient (Wildman–Crippen LogP) is 2.06. The van der Waals surface area contributed by atoms with Gasteiger partial charge in [-0.05, 0) is 84.2 Å². The molecule has 4 fully saturated rings. The summed E-state index contributed by atoms with van der Waals surface area (Å²) in [6.07, 6.45) is 7.92. The summed E-state index contributed by atoms with van der Waals surface area (Å²) in [5.41, 5.74) is 0.0177. The first kappa shape index (κ1) is 16.7. The Morgan fingerprint density at radius 3 is 2.05 bits per heavy atom. The molecule has 0 bridgehead atoms. The van der Waals surface area contributed by atoms with Gasteiger partial charge in [-0.2, -0.15) is 0 Å². The van der Waals surface area contributed by atoms with E-state index in [0.29, 0.717) is 18.2 Å². The minimum absolute atomic E-state index is 0.0177. The van der Waals surface area contributed by atoms with Crippen LogP contribution in [0, 0.1) is 11.8 Å². The molecule has 0 amide bonds. The molecule has 0 aromatic rings. The standard InChI is InChI=1S/C11H21NO.C7H13NO/c1-11(2,3)13-9-5-4-8-6-7-12-10(8)9;9-6-2-1-5-3-4-8-7(5)6/h8-10,12H,4-7H2,1-3H3;5-9H,1-4H2/t8-,9?,10+;5-,6?,7+/m11/s1. The van der Waals surface area contributed by atoms with Crippen LogP contribution >= 0.6 is 0 Å². The van der Waals surface area contributed by atoms with E-state index in [0.717, 1.165) is 24.8 Å². The van der Waals surface area contributed by atoms with E-state index in [4.69, 9.17) is 4.74 Å². The molecular weight excluding hydrogens is 276 g/mol. The van der Waals surface area contributed by atoms with Gasteiger partial charge in [0.2, 0.25) is 0 Å². The van der Waals surface area contributed by atoms with Gasteiger partial charge in [0, 0.05) is 12.1 Å². The molecule has 4 aliphatic rings. The van der Waals surface area contributed by atoms with Gasteiger partial charge in [-0.1, -0.05) is 0 Å². The molecule has 2 saturated heterocycles. The number of hydrogen-bond acceptors (Lipinski definition) is 4. The molecule has 0 spiro atoms. The van der Waals surface area contributed by atoms with Crippen molar-refractivity contribution in [2.75, 3.05) is 13.1 Å². The smallest absolute Gasteiger partial charge is 0.0737 e. The van der Waals surface area contributed by atoms with Crippen LogP contribution in [0.15, 0.2) is 0 Å². The molecule has 128 valence electrons. The summed E-state index contributed by atoms with van der Waals surface area (Å²) < 4.78 is 6.05. The fourth-order valence-corrected chi connectivity index (χ4v) is 4.80. The van der Waals surface area contributed by atoms with Crippen molar-refractivity contribution in [3.8, 4) is 0 Å². The largest absolute Gasteiger partial charge is 0.391 e. The highest BCUT2D eigenvalue weighted by atomic mass is 16.5. The predicted molar refractivity (Wildman–Crippen MR) is 88.9 cm³/mol. The van der Waals surface area contributed by atoms with Crippen molar-refractivity contribution < 1.29 is 9.84 Å². The molecule has 6 atom stereocenters. The van der Waals surface area contributed by atoms with Crippen molar-refractivity contribution in [1.29, 1.82) is 0 Å². The molecule has 0 aromatic heterocycles. The van der Waals surface area contributed by atoms with Crippen LogP contribution in [0.1, 0.15) is 59.3 Å². The Kier molecular flexibility index (Phi) is 5.13. The second-order valence-corrected chi connectivity index (χ2v) is 8.55. The molecule has 4 nitrogen and oxygen atoms in total. The van der Waals surface area contributed by atoms with E-state index in [1.807, 2.05) is 0 Å². The lowest BCUT2D eigenvalue weighted by Gasteiger charge is -2.28. The number of rotatable bonds is 1. The van der Waals surface area contributed by atoms with Gasteiger partial charge in [0.05, 0.1) is 17.8 Å². The fraction of sp³-hybridized carbons (Fsp3) is 1.00. The number of hydrogen-bond donors (Lipinski definition) is 3. The Bertz CT molecular complexity index is 369. The van der Waals surface area contributed by atoms with Crippen molar-refractivity contribution in [2.45, 2.75) is 89.2 Å². The van der Waals surface area contributed by atoms with E-state index < -0.39 is 0 Å². The minimum atomic E-state index is -0.0440. The highest BCUT2D eigenvalue weighted by Crippen LogP contribution is 2.36. The van der Waals surface area contributed by atoms with Gasteiger partial charge in [0.25, 0.3) is 0 Å². The number of aliphatic hydroxyl groups is 1. The molecule has 0 aromatic carbocycles. The van der Waals surface area contributed by atoms with E-state index >= 15 is 0 Å². The van der Waals surface area contributed by atoms with Crippen molar-refractivity contribution in [2.24, 2.45) is 11.8 Å². The van der Waals surface area contributed by atoms with Crippen molar-refractivity contribution in [1.82, 2.24) is 10.6 Å². The SMILES string of the molecule is CC(C)(C)OC1CC[C@@H]2CCN[C@H]12.OC1CC[C@@H]2CCN[C@H]12. The first-order valence-corrected chi connectivity index (χ1v) is 9.27. The highest BCUT2D eigenvalue weighted by Gasteiger charge is 2.41. The molecule has 4 heteroatoms. The average Bonchev–Trinajstić information content (AvgIpc) is 3.15. The van der Waals surface area contributed by atoms with Gasteiger partial charge in [0.15, 0.2) is 0 Å². The third-order valence-corrected chi connectivity index (χ3v) is 5.78. The Hall–Kier alpha value is -0.160. The van der Waals surface area contributed by atoms with Crippen LogP contribution in [0.2, 0.25) is 0 Å². The van der Waals surface area contributed by atoms with Gasteiger partial charge >= 0.3 is 0 Å². The zero-order valence-corrected chi connectivity index (χ0v) is 14.5. The van der Waals surface area contributed by atoms with E-state index in [2.05, 4.69) is 31.4 Å². The number of fused-ring (bicyclic) bond motifs is 2. The summed E-state index contributed by atoms with van der Waals surface area (Å²) in [6.45, 7) is 8.76. The Labute approximate surface area is 135 Å². The van der Waals surface area contributed by atoms with Crippen LogP contribution < -0.4 is 10.6 Å². The molecular formula is C18H34N2O2. The Balaban J connectivity index is 0.000000139. The maximum absolute atomic E-state index is 9.34. The van der Waals surface area contributed by atoms with Crippen LogP contribution in [-0.4, -0.2) is 48.1 Å². The maximum Gasteiger partial charge on any atom is 0.0737 e. The molecule has 2 heterocycles. The maximum atomic E-state index is 9.34. The Morgan fingerprint density at radius 2 is 1.41 bits per heavy atom. The molecule has 4 rings (SSSR count). The number of ether oxygens (including phenoxy) is 1. The van der Waals surface area contributed by atoms with Gasteiger partial charge in [-0.3, -0.25) is 0 Å². The van der Waals surface area contributed by atoms with Gasteiger partial charge < -0.3 is 20.5 Å². The molecule has 2 unspecified atom stereocenters. The summed E-state index contributed by atoms with van der Waals surface area (Å²) >= 11 is 0. The molecule has 2 aliphatic carbocycles. The lowest BCUT2D eigenvalue weighted by atomic mass is 10.0. The first-order valence-electron chi connectivity index (χ1n) is 9.27. The van der Waals surface area contributed by atoms with E-state index in [-0.39, 0.29) is 11.7 Å². The molecule has 3 N–H and O–H groups in total. The van der Waals surface area contributed by atoms with E-state index in [1.54, 1.807) is 0 Å². The van der Waals surface area contributed by atoms with Crippen LogP contribution in [-0.2, 0) is 4.74 Å². The van der Waals surface area contributed by atoms with Crippen LogP contribution in [0.3, 0.4) is 0 Å². The summed E-state index contributed by atoms with van der Waals surface area (Å²) in [5.74, 6) is 1.69. The second kappa shape index (κ2) is 6.76. The average molecular weight is 310 g/mol. The van der Waals surface area contributed by atoms with Gasteiger partial charge in [0.1, 0.15) is 0 Å². The number of nitrogens with one attached hydrogen (secondary N) is 2.